The molecule has 1 aromatic heterocycles. The van der Waals surface area contributed by atoms with Crippen molar-refractivity contribution in [1.82, 2.24) is 4.98 Å². The molecular formula is C30H45N. The van der Waals surface area contributed by atoms with Gasteiger partial charge in [-0.15, -0.1) is 0 Å². The summed E-state index contributed by atoms with van der Waals surface area (Å²) >= 11 is 0. The maximum Gasteiger partial charge on any atom is 0.0702 e. The number of benzene rings is 1. The lowest BCUT2D eigenvalue weighted by molar-refractivity contribution is 0.249. The van der Waals surface area contributed by atoms with Gasteiger partial charge in [-0.25, -0.2) is 0 Å². The topological polar surface area (TPSA) is 12.9 Å². The fraction of sp³-hybridized carbons (Fsp3) is 0.633. The Labute approximate surface area is 192 Å². The number of unbranched alkanes of at least 4 members (excludes halogenated alkanes) is 5. The molecule has 0 atom stereocenters. The van der Waals surface area contributed by atoms with Gasteiger partial charge in [0.2, 0.25) is 0 Å². The largest absolute Gasteiger partial charge is 0.256 e. The van der Waals surface area contributed by atoms with Gasteiger partial charge in [-0.3, -0.25) is 4.98 Å². The van der Waals surface area contributed by atoms with Gasteiger partial charge in [0.1, 0.15) is 0 Å². The Morgan fingerprint density at radius 1 is 0.645 bits per heavy atom. The third kappa shape index (κ3) is 8.43. The molecule has 0 unspecified atom stereocenters. The third-order valence-electron chi connectivity index (χ3n) is 7.42. The zero-order valence-corrected chi connectivity index (χ0v) is 20.2. The van der Waals surface area contributed by atoms with Gasteiger partial charge in [-0.2, -0.15) is 0 Å². The molecule has 0 aliphatic heterocycles. The van der Waals surface area contributed by atoms with Crippen LogP contribution >= 0.6 is 0 Å². The highest BCUT2D eigenvalue weighted by atomic mass is 14.7. The van der Waals surface area contributed by atoms with Crippen LogP contribution in [0.25, 0.3) is 11.3 Å². The molecule has 170 valence electrons. The average Bonchev–Trinajstić information content (AvgIpc) is 2.82. The molecule has 1 heterocycles. The fourth-order valence-electron chi connectivity index (χ4n) is 5.20. The molecule has 1 saturated carbocycles. The Morgan fingerprint density at radius 3 is 1.94 bits per heavy atom. The molecule has 0 spiro atoms. The van der Waals surface area contributed by atoms with E-state index in [-0.39, 0.29) is 0 Å². The van der Waals surface area contributed by atoms with E-state index < -0.39 is 0 Å². The van der Waals surface area contributed by atoms with Crippen LogP contribution in [0.5, 0.6) is 0 Å². The molecule has 0 bridgehead atoms. The molecule has 0 saturated heterocycles. The predicted octanol–water partition coefficient (Wildman–Crippen LogP) is 9.19. The lowest BCUT2D eigenvalue weighted by Crippen LogP contribution is -2.15. The highest BCUT2D eigenvalue weighted by Crippen LogP contribution is 2.34. The van der Waals surface area contributed by atoms with Crippen molar-refractivity contribution in [3.63, 3.8) is 0 Å². The van der Waals surface area contributed by atoms with Crippen LogP contribution in [0.2, 0.25) is 0 Å². The second kappa shape index (κ2) is 13.7. The molecule has 1 aliphatic rings. The van der Waals surface area contributed by atoms with Crippen molar-refractivity contribution in [2.45, 2.75) is 110 Å². The molecule has 0 radical (unpaired) electrons. The molecule has 1 aromatic carbocycles. The number of hydrogen-bond donors (Lipinski definition) is 0. The fourth-order valence-corrected chi connectivity index (χ4v) is 5.20. The minimum Gasteiger partial charge on any atom is -0.256 e. The molecule has 1 aliphatic carbocycles. The molecule has 3 rings (SSSR count). The number of nitrogens with zero attached hydrogens (tertiary/aromatic N) is 1. The maximum atomic E-state index is 4.72. The monoisotopic (exact) mass is 419 g/mol. The zero-order chi connectivity index (χ0) is 21.7. The van der Waals surface area contributed by atoms with Gasteiger partial charge in [0.15, 0.2) is 0 Å². The van der Waals surface area contributed by atoms with Crippen molar-refractivity contribution in [3.05, 3.63) is 53.7 Å². The first kappa shape index (κ1) is 24.0. The number of aryl methyl sites for hydroxylation is 2. The summed E-state index contributed by atoms with van der Waals surface area (Å²) in [5, 5.41) is 0. The van der Waals surface area contributed by atoms with E-state index >= 15 is 0 Å². The molecule has 1 heteroatoms. The molecule has 2 aromatic rings. The van der Waals surface area contributed by atoms with E-state index in [0.717, 1.165) is 24.0 Å². The minimum absolute atomic E-state index is 0.952. The van der Waals surface area contributed by atoms with Gasteiger partial charge in [-0.1, -0.05) is 115 Å². The summed E-state index contributed by atoms with van der Waals surface area (Å²) in [7, 11) is 0. The number of aromatic nitrogens is 1. The first-order valence-corrected chi connectivity index (χ1v) is 13.3. The van der Waals surface area contributed by atoms with Crippen molar-refractivity contribution < 1.29 is 0 Å². The summed E-state index contributed by atoms with van der Waals surface area (Å²) in [6.45, 7) is 4.56. The van der Waals surface area contributed by atoms with Gasteiger partial charge in [0, 0.05) is 11.8 Å². The van der Waals surface area contributed by atoms with Crippen LogP contribution in [-0.2, 0) is 12.8 Å². The van der Waals surface area contributed by atoms with E-state index in [0.29, 0.717) is 0 Å². The van der Waals surface area contributed by atoms with Gasteiger partial charge in [0.05, 0.1) is 5.69 Å². The highest BCUT2D eigenvalue weighted by molar-refractivity contribution is 5.59. The van der Waals surface area contributed by atoms with Crippen molar-refractivity contribution in [1.29, 1.82) is 0 Å². The van der Waals surface area contributed by atoms with Gasteiger partial charge >= 0.3 is 0 Å². The predicted molar refractivity (Wildman–Crippen MR) is 135 cm³/mol. The third-order valence-corrected chi connectivity index (χ3v) is 7.42. The lowest BCUT2D eigenvalue weighted by atomic mass is 9.77. The van der Waals surface area contributed by atoms with Crippen LogP contribution in [0.15, 0.2) is 42.6 Å². The van der Waals surface area contributed by atoms with Crippen molar-refractivity contribution >= 4 is 0 Å². The van der Waals surface area contributed by atoms with Crippen LogP contribution in [0.3, 0.4) is 0 Å². The molecular weight excluding hydrogens is 374 g/mol. The summed E-state index contributed by atoms with van der Waals surface area (Å²) in [5.41, 5.74) is 5.20. The number of hydrogen-bond acceptors (Lipinski definition) is 1. The van der Waals surface area contributed by atoms with E-state index in [2.05, 4.69) is 56.4 Å². The molecule has 0 amide bonds. The first-order valence-electron chi connectivity index (χ1n) is 13.3. The Hall–Kier alpha value is -1.63. The molecule has 1 fully saturated rings. The molecule has 31 heavy (non-hydrogen) atoms. The Kier molecular flexibility index (Phi) is 10.6. The Morgan fingerprint density at radius 2 is 1.29 bits per heavy atom. The van der Waals surface area contributed by atoms with Crippen molar-refractivity contribution in [3.8, 4) is 11.3 Å². The van der Waals surface area contributed by atoms with Gasteiger partial charge in [-0.05, 0) is 54.7 Å². The first-order chi connectivity index (χ1) is 15.3. The van der Waals surface area contributed by atoms with Crippen molar-refractivity contribution in [2.24, 2.45) is 11.8 Å². The molecule has 0 N–H and O–H groups in total. The van der Waals surface area contributed by atoms with E-state index in [1.807, 2.05) is 0 Å². The van der Waals surface area contributed by atoms with E-state index in [9.17, 15) is 0 Å². The van der Waals surface area contributed by atoms with Gasteiger partial charge < -0.3 is 0 Å². The normalized spacial score (nSPS) is 18.9. The summed E-state index contributed by atoms with van der Waals surface area (Å²) in [6.07, 6.45) is 22.8. The Bertz CT molecular complexity index is 707. The van der Waals surface area contributed by atoms with Crippen molar-refractivity contribution in [2.75, 3.05) is 0 Å². The minimum atomic E-state index is 0.952. The second-order valence-corrected chi connectivity index (χ2v) is 9.98. The van der Waals surface area contributed by atoms with E-state index in [1.165, 1.54) is 107 Å². The van der Waals surface area contributed by atoms with Crippen LogP contribution in [0, 0.1) is 11.8 Å². The van der Waals surface area contributed by atoms with Crippen LogP contribution in [-0.4, -0.2) is 4.98 Å². The average molecular weight is 420 g/mol. The smallest absolute Gasteiger partial charge is 0.0702 e. The Balaban J connectivity index is 1.38. The lowest BCUT2D eigenvalue weighted by Gasteiger charge is -2.28. The quantitative estimate of drug-likeness (QED) is 0.295. The standard InChI is InChI=1S/C30H45N/c1-3-5-7-9-10-25-12-14-26(15-13-25)16-17-27-18-21-29(22-19-27)30-23-20-28(24-31-30)11-8-6-4-2/h18-26H,3-17H2,1-2H3. The summed E-state index contributed by atoms with van der Waals surface area (Å²) < 4.78 is 0. The summed E-state index contributed by atoms with van der Waals surface area (Å²) in [4.78, 5) is 4.72. The van der Waals surface area contributed by atoms with Crippen LogP contribution < -0.4 is 0 Å². The van der Waals surface area contributed by atoms with E-state index in [4.69, 9.17) is 4.98 Å². The van der Waals surface area contributed by atoms with E-state index in [1.54, 1.807) is 0 Å². The second-order valence-electron chi connectivity index (χ2n) is 9.98. The molecule has 1 nitrogen and oxygen atoms in total. The SMILES string of the molecule is CCCCCCC1CCC(CCc2ccc(-c3ccc(CCCCC)cn3)cc2)CC1. The highest BCUT2D eigenvalue weighted by Gasteiger charge is 2.20. The van der Waals surface area contributed by atoms with Crippen LogP contribution in [0.1, 0.15) is 108 Å². The number of rotatable bonds is 13. The van der Waals surface area contributed by atoms with Crippen LogP contribution in [0.4, 0.5) is 0 Å². The summed E-state index contributed by atoms with van der Waals surface area (Å²) in [5.74, 6) is 1.98. The zero-order valence-electron chi connectivity index (χ0n) is 20.2. The summed E-state index contributed by atoms with van der Waals surface area (Å²) in [6, 6.07) is 13.6. The van der Waals surface area contributed by atoms with Gasteiger partial charge in [0.25, 0.3) is 0 Å². The maximum absolute atomic E-state index is 4.72. The number of pyridine rings is 1.